The molecule has 0 spiro atoms. The van der Waals surface area contributed by atoms with Crippen molar-refractivity contribution in [2.24, 2.45) is 5.90 Å². The van der Waals surface area contributed by atoms with Crippen molar-refractivity contribution in [1.29, 1.82) is 0 Å². The van der Waals surface area contributed by atoms with Crippen molar-refractivity contribution in [2.45, 2.75) is 6.42 Å². The molecule has 3 nitrogen and oxygen atoms in total. The zero-order chi connectivity index (χ0) is 10.6. The van der Waals surface area contributed by atoms with E-state index in [4.69, 9.17) is 10.6 Å². The molecule has 0 aromatic heterocycles. The third-order valence-electron chi connectivity index (χ3n) is 1.82. The Morgan fingerprint density at radius 3 is 2.79 bits per heavy atom. The minimum absolute atomic E-state index is 0.328. The van der Waals surface area contributed by atoms with Crippen LogP contribution in [0.3, 0.4) is 0 Å². The predicted octanol–water partition coefficient (Wildman–Crippen LogP) is 2.03. The number of halogens is 2. The Balaban J connectivity index is 2.98. The van der Waals surface area contributed by atoms with Crippen LogP contribution in [0.25, 0.3) is 0 Å². The lowest BCUT2D eigenvalue weighted by atomic mass is 10.1. The van der Waals surface area contributed by atoms with Gasteiger partial charge in [0.1, 0.15) is 11.6 Å². The van der Waals surface area contributed by atoms with Crippen LogP contribution < -0.4 is 10.6 Å². The summed E-state index contributed by atoms with van der Waals surface area (Å²) in [5.41, 5.74) is 0.853. The van der Waals surface area contributed by atoms with Gasteiger partial charge in [-0.25, -0.2) is 10.3 Å². The lowest BCUT2D eigenvalue weighted by molar-refractivity contribution is 0.140. The Hall–Kier alpha value is -0.650. The van der Waals surface area contributed by atoms with Crippen LogP contribution in [0.4, 0.5) is 4.39 Å². The largest absolute Gasteiger partial charge is 0.495 e. The molecule has 5 heteroatoms. The molecule has 0 aliphatic carbocycles. The Labute approximate surface area is 90.1 Å². The van der Waals surface area contributed by atoms with Crippen molar-refractivity contribution in [2.75, 3.05) is 13.7 Å². The predicted molar refractivity (Wildman–Crippen MR) is 54.5 cm³/mol. The fourth-order valence-electron chi connectivity index (χ4n) is 1.16. The first-order chi connectivity index (χ1) is 6.70. The van der Waals surface area contributed by atoms with Crippen LogP contribution in [0.1, 0.15) is 5.56 Å². The number of nitrogens with two attached hydrogens (primary N) is 1. The maximum Gasteiger partial charge on any atom is 0.141 e. The second kappa shape index (κ2) is 5.29. The summed E-state index contributed by atoms with van der Waals surface area (Å²) in [6.45, 7) is 0.369. The molecule has 0 amide bonds. The van der Waals surface area contributed by atoms with Crippen LogP contribution in [0, 0.1) is 5.82 Å². The maximum absolute atomic E-state index is 13.1. The minimum atomic E-state index is -0.348. The quantitative estimate of drug-likeness (QED) is 0.846. The molecule has 0 radical (unpaired) electrons. The molecular formula is C9H11BrFNO2. The van der Waals surface area contributed by atoms with Crippen molar-refractivity contribution >= 4 is 15.9 Å². The molecule has 1 aromatic rings. The molecule has 0 fully saturated rings. The second-order valence-electron chi connectivity index (χ2n) is 2.67. The van der Waals surface area contributed by atoms with Gasteiger partial charge in [-0.1, -0.05) is 6.07 Å². The average molecular weight is 264 g/mol. The zero-order valence-corrected chi connectivity index (χ0v) is 9.30. The maximum atomic E-state index is 13.1. The van der Waals surface area contributed by atoms with Gasteiger partial charge >= 0.3 is 0 Å². The first-order valence-electron chi connectivity index (χ1n) is 4.03. The topological polar surface area (TPSA) is 44.5 Å². The summed E-state index contributed by atoms with van der Waals surface area (Å²) < 4.78 is 18.5. The van der Waals surface area contributed by atoms with E-state index in [1.165, 1.54) is 13.2 Å². The molecular weight excluding hydrogens is 253 g/mol. The van der Waals surface area contributed by atoms with Gasteiger partial charge in [-0.2, -0.15) is 0 Å². The Morgan fingerprint density at radius 1 is 1.50 bits per heavy atom. The van der Waals surface area contributed by atoms with Crippen LogP contribution >= 0.6 is 15.9 Å². The van der Waals surface area contributed by atoms with Crippen molar-refractivity contribution in [1.82, 2.24) is 0 Å². The molecule has 0 aliphatic heterocycles. The summed E-state index contributed by atoms with van der Waals surface area (Å²) in [4.78, 5) is 4.45. The lowest BCUT2D eigenvalue weighted by Crippen LogP contribution is -2.05. The summed E-state index contributed by atoms with van der Waals surface area (Å²) in [6, 6.07) is 3.02. The number of methoxy groups -OCH3 is 1. The van der Waals surface area contributed by atoms with Crippen molar-refractivity contribution in [3.05, 3.63) is 28.0 Å². The Bertz CT molecular complexity index is 320. The summed E-state index contributed by atoms with van der Waals surface area (Å²) in [6.07, 6.45) is 0.582. The van der Waals surface area contributed by atoms with E-state index in [-0.39, 0.29) is 5.82 Å². The van der Waals surface area contributed by atoms with Crippen LogP contribution in [-0.2, 0) is 11.3 Å². The minimum Gasteiger partial charge on any atom is -0.495 e. The van der Waals surface area contributed by atoms with Gasteiger partial charge in [-0.05, 0) is 27.6 Å². The van der Waals surface area contributed by atoms with Crippen LogP contribution in [-0.4, -0.2) is 13.7 Å². The van der Waals surface area contributed by atoms with Gasteiger partial charge in [0.05, 0.1) is 18.2 Å². The van der Waals surface area contributed by atoms with E-state index in [9.17, 15) is 4.39 Å². The molecule has 1 aromatic carbocycles. The van der Waals surface area contributed by atoms with Crippen molar-refractivity contribution in [3.63, 3.8) is 0 Å². The van der Waals surface area contributed by atoms with Crippen LogP contribution in [0.15, 0.2) is 16.6 Å². The standard InChI is InChI=1S/C9H11BrFNO2/c1-13-9-6(4-5-14-12)2-3-7(11)8(9)10/h2-3H,4-5,12H2,1H3. The third kappa shape index (κ3) is 2.43. The Morgan fingerprint density at radius 2 is 2.21 bits per heavy atom. The van der Waals surface area contributed by atoms with Gasteiger partial charge in [0.25, 0.3) is 0 Å². The van der Waals surface area contributed by atoms with E-state index >= 15 is 0 Å². The van der Waals surface area contributed by atoms with Gasteiger partial charge in [0.15, 0.2) is 0 Å². The fourth-order valence-corrected chi connectivity index (χ4v) is 1.71. The SMILES string of the molecule is COc1c(CCON)ccc(F)c1Br. The number of rotatable bonds is 4. The molecule has 0 aliphatic rings. The van der Waals surface area contributed by atoms with Gasteiger partial charge in [0.2, 0.25) is 0 Å². The van der Waals surface area contributed by atoms with E-state index in [2.05, 4.69) is 20.8 Å². The highest BCUT2D eigenvalue weighted by Crippen LogP contribution is 2.31. The van der Waals surface area contributed by atoms with E-state index in [0.717, 1.165) is 5.56 Å². The molecule has 0 saturated heterocycles. The van der Waals surface area contributed by atoms with Gasteiger partial charge in [0, 0.05) is 6.42 Å². The number of hydrogen-bond acceptors (Lipinski definition) is 3. The molecule has 0 unspecified atom stereocenters. The van der Waals surface area contributed by atoms with E-state index < -0.39 is 0 Å². The van der Waals surface area contributed by atoms with Crippen LogP contribution in [0.2, 0.25) is 0 Å². The molecule has 2 N–H and O–H groups in total. The molecule has 14 heavy (non-hydrogen) atoms. The second-order valence-corrected chi connectivity index (χ2v) is 3.47. The monoisotopic (exact) mass is 263 g/mol. The highest BCUT2D eigenvalue weighted by molar-refractivity contribution is 9.10. The summed E-state index contributed by atoms with van der Waals surface area (Å²) >= 11 is 3.11. The highest BCUT2D eigenvalue weighted by atomic mass is 79.9. The average Bonchev–Trinajstić information content (AvgIpc) is 2.20. The lowest BCUT2D eigenvalue weighted by Gasteiger charge is -2.10. The first-order valence-corrected chi connectivity index (χ1v) is 4.82. The molecule has 78 valence electrons. The number of ether oxygens (including phenoxy) is 1. The molecule has 0 atom stereocenters. The van der Waals surface area contributed by atoms with E-state index in [1.54, 1.807) is 6.07 Å². The number of hydrogen-bond donors (Lipinski definition) is 1. The smallest absolute Gasteiger partial charge is 0.141 e. The van der Waals surface area contributed by atoms with Crippen LogP contribution in [0.5, 0.6) is 5.75 Å². The summed E-state index contributed by atoms with van der Waals surface area (Å²) in [5.74, 6) is 5.05. The molecule has 1 rings (SSSR count). The molecule has 0 bridgehead atoms. The van der Waals surface area contributed by atoms with E-state index in [0.29, 0.717) is 23.2 Å². The van der Waals surface area contributed by atoms with Gasteiger partial charge < -0.3 is 9.57 Å². The van der Waals surface area contributed by atoms with Gasteiger partial charge in [-0.3, -0.25) is 0 Å². The molecule has 0 saturated carbocycles. The van der Waals surface area contributed by atoms with E-state index in [1.807, 2.05) is 0 Å². The Kier molecular flexibility index (Phi) is 4.31. The zero-order valence-electron chi connectivity index (χ0n) is 7.72. The van der Waals surface area contributed by atoms with Crippen molar-refractivity contribution < 1.29 is 14.0 Å². The molecule has 0 heterocycles. The van der Waals surface area contributed by atoms with Gasteiger partial charge in [-0.15, -0.1) is 0 Å². The third-order valence-corrected chi connectivity index (χ3v) is 2.56. The first kappa shape index (κ1) is 11.4. The van der Waals surface area contributed by atoms with Crippen molar-refractivity contribution in [3.8, 4) is 5.75 Å². The normalized spacial score (nSPS) is 10.3. The fraction of sp³-hybridized carbons (Fsp3) is 0.333. The summed E-state index contributed by atoms with van der Waals surface area (Å²) in [5, 5.41) is 0. The highest BCUT2D eigenvalue weighted by Gasteiger charge is 2.11. The number of benzene rings is 1. The summed E-state index contributed by atoms with van der Waals surface area (Å²) in [7, 11) is 1.49.